The number of hydrogen-bond acceptors (Lipinski definition) is 7. The Balaban J connectivity index is 2.04. The van der Waals surface area contributed by atoms with Gasteiger partial charge in [0.2, 0.25) is 0 Å². The Bertz CT molecular complexity index is 1090. The molecule has 1 aromatic heterocycles. The highest BCUT2D eigenvalue weighted by Gasteiger charge is 2.37. The molecular formula is C20H27ClN4O6S. The summed E-state index contributed by atoms with van der Waals surface area (Å²) in [6, 6.07) is -0.675. The van der Waals surface area contributed by atoms with Gasteiger partial charge in [-0.1, -0.05) is 23.8 Å². The van der Waals surface area contributed by atoms with E-state index in [1.807, 2.05) is 6.08 Å². The minimum absolute atomic E-state index is 0.0234. The third-order valence-electron chi connectivity index (χ3n) is 4.91. The first kappa shape index (κ1) is 24.3. The Hall–Kier alpha value is -2.37. The SMILES string of the molecule is CC(C)(C)OC(=O)N1Cc2c(C(N)=O)c(C3C=CC=C(Cl)C3)nn2C(COS(C)(=O)=O)C1. The number of primary amides is 1. The molecule has 2 amide bonds. The predicted molar refractivity (Wildman–Crippen MR) is 118 cm³/mol. The van der Waals surface area contributed by atoms with Gasteiger partial charge >= 0.3 is 6.09 Å². The van der Waals surface area contributed by atoms with Crippen LogP contribution in [0, 0.1) is 0 Å². The van der Waals surface area contributed by atoms with Crippen molar-refractivity contribution in [1.82, 2.24) is 14.7 Å². The van der Waals surface area contributed by atoms with Crippen LogP contribution in [0.3, 0.4) is 0 Å². The summed E-state index contributed by atoms with van der Waals surface area (Å²) < 4.78 is 35.2. The van der Waals surface area contributed by atoms with Crippen LogP contribution in [-0.2, 0) is 25.6 Å². The van der Waals surface area contributed by atoms with Gasteiger partial charge in [0, 0.05) is 17.5 Å². The van der Waals surface area contributed by atoms with E-state index in [0.717, 1.165) is 6.26 Å². The van der Waals surface area contributed by atoms with Gasteiger partial charge in [0.05, 0.1) is 42.4 Å². The zero-order valence-electron chi connectivity index (χ0n) is 18.4. The van der Waals surface area contributed by atoms with E-state index in [-0.39, 0.29) is 31.2 Å². The van der Waals surface area contributed by atoms with Gasteiger partial charge in [-0.25, -0.2) is 4.79 Å². The molecule has 2 aliphatic rings. The maximum atomic E-state index is 12.8. The molecule has 10 nitrogen and oxygen atoms in total. The molecule has 0 saturated heterocycles. The summed E-state index contributed by atoms with van der Waals surface area (Å²) in [6.07, 6.45) is 6.17. The van der Waals surface area contributed by atoms with Crippen LogP contribution < -0.4 is 5.73 Å². The lowest BCUT2D eigenvalue weighted by molar-refractivity contribution is 0.0136. The lowest BCUT2D eigenvalue weighted by Crippen LogP contribution is -2.45. The summed E-state index contributed by atoms with van der Waals surface area (Å²) in [5.74, 6) is -0.992. The van der Waals surface area contributed by atoms with Crippen LogP contribution in [-0.4, -0.2) is 60.1 Å². The van der Waals surface area contributed by atoms with Crippen molar-refractivity contribution < 1.29 is 26.9 Å². The van der Waals surface area contributed by atoms with E-state index >= 15 is 0 Å². The third kappa shape index (κ3) is 5.70. The van der Waals surface area contributed by atoms with Gasteiger partial charge in [0.25, 0.3) is 16.0 Å². The van der Waals surface area contributed by atoms with Crippen molar-refractivity contribution in [2.45, 2.75) is 51.3 Å². The van der Waals surface area contributed by atoms with Crippen molar-refractivity contribution in [1.29, 1.82) is 0 Å². The standard InChI is InChI=1S/C20H27ClN4O6S/c1-20(2,3)31-19(27)24-9-14(11-30-32(4,28)29)25-15(10-24)16(18(22)26)17(23-25)12-6-5-7-13(21)8-12/h5-7,12,14H,8-11H2,1-4H3,(H2,22,26). The second kappa shape index (κ2) is 8.87. The maximum absolute atomic E-state index is 12.8. The summed E-state index contributed by atoms with van der Waals surface area (Å²) in [5.41, 5.74) is 5.98. The monoisotopic (exact) mass is 486 g/mol. The molecule has 2 atom stereocenters. The topological polar surface area (TPSA) is 134 Å². The van der Waals surface area contributed by atoms with E-state index in [2.05, 4.69) is 5.10 Å². The molecule has 1 aromatic rings. The molecule has 1 aliphatic carbocycles. The molecule has 1 aliphatic heterocycles. The summed E-state index contributed by atoms with van der Waals surface area (Å²) in [6.45, 7) is 5.05. The first-order valence-electron chi connectivity index (χ1n) is 10.0. The number of carbonyl (C=O) groups is 2. The lowest BCUT2D eigenvalue weighted by atomic mass is 9.93. The first-order chi connectivity index (χ1) is 14.7. The number of nitrogens with two attached hydrogens (primary N) is 1. The van der Waals surface area contributed by atoms with Gasteiger partial charge in [-0.2, -0.15) is 13.5 Å². The molecule has 32 heavy (non-hydrogen) atoms. The van der Waals surface area contributed by atoms with Crippen molar-refractivity contribution in [3.63, 3.8) is 0 Å². The third-order valence-corrected chi connectivity index (χ3v) is 5.76. The second-order valence-corrected chi connectivity index (χ2v) is 11.0. The fraction of sp³-hybridized carbons (Fsp3) is 0.550. The van der Waals surface area contributed by atoms with Crippen molar-refractivity contribution in [2.24, 2.45) is 5.73 Å². The van der Waals surface area contributed by atoms with Gasteiger partial charge in [0.15, 0.2) is 0 Å². The van der Waals surface area contributed by atoms with Crippen LogP contribution in [0.25, 0.3) is 0 Å². The van der Waals surface area contributed by atoms with Gasteiger partial charge in [0.1, 0.15) is 5.60 Å². The molecule has 0 saturated carbocycles. The number of aromatic nitrogens is 2. The van der Waals surface area contributed by atoms with Crippen molar-refractivity contribution in [3.8, 4) is 0 Å². The van der Waals surface area contributed by atoms with E-state index in [4.69, 9.17) is 26.3 Å². The molecule has 12 heteroatoms. The smallest absolute Gasteiger partial charge is 0.410 e. The van der Waals surface area contributed by atoms with E-state index in [0.29, 0.717) is 22.8 Å². The number of hydrogen-bond donors (Lipinski definition) is 1. The number of rotatable bonds is 5. The van der Waals surface area contributed by atoms with Crippen molar-refractivity contribution in [2.75, 3.05) is 19.4 Å². The number of fused-ring (bicyclic) bond motifs is 1. The van der Waals surface area contributed by atoms with Gasteiger partial charge < -0.3 is 15.4 Å². The van der Waals surface area contributed by atoms with Gasteiger partial charge in [-0.15, -0.1) is 0 Å². The Kier molecular flexibility index (Phi) is 6.73. The molecule has 0 bridgehead atoms. The van der Waals surface area contributed by atoms with E-state index < -0.39 is 33.8 Å². The molecule has 176 valence electrons. The summed E-state index contributed by atoms with van der Waals surface area (Å²) >= 11 is 6.18. The maximum Gasteiger partial charge on any atom is 0.410 e. The molecular weight excluding hydrogens is 460 g/mol. The summed E-state index contributed by atoms with van der Waals surface area (Å²) in [4.78, 5) is 26.6. The Morgan fingerprint density at radius 3 is 2.59 bits per heavy atom. The highest BCUT2D eigenvalue weighted by Crippen LogP contribution is 2.35. The summed E-state index contributed by atoms with van der Waals surface area (Å²) in [7, 11) is -3.74. The minimum atomic E-state index is -3.74. The number of amides is 2. The van der Waals surface area contributed by atoms with Crippen LogP contribution >= 0.6 is 11.6 Å². The fourth-order valence-corrected chi connectivity index (χ4v) is 4.31. The molecule has 2 N–H and O–H groups in total. The number of ether oxygens (including phenoxy) is 1. The molecule has 0 fully saturated rings. The molecule has 2 unspecified atom stereocenters. The zero-order valence-corrected chi connectivity index (χ0v) is 19.9. The second-order valence-electron chi connectivity index (χ2n) is 8.83. The van der Waals surface area contributed by atoms with Crippen molar-refractivity contribution >= 4 is 33.7 Å². The Morgan fingerprint density at radius 1 is 1.34 bits per heavy atom. The minimum Gasteiger partial charge on any atom is -0.444 e. The average Bonchev–Trinajstić information content (AvgIpc) is 3.04. The first-order valence-corrected chi connectivity index (χ1v) is 12.2. The van der Waals surface area contributed by atoms with E-state index in [1.54, 1.807) is 32.9 Å². The zero-order chi connectivity index (χ0) is 23.8. The van der Waals surface area contributed by atoms with Crippen LogP contribution in [0.1, 0.15) is 60.9 Å². The molecule has 2 heterocycles. The number of halogens is 1. The fourth-order valence-electron chi connectivity index (χ4n) is 3.67. The molecule has 0 aromatic carbocycles. The van der Waals surface area contributed by atoms with E-state index in [1.165, 1.54) is 9.58 Å². The normalized spacial score (nSPS) is 21.2. The Labute approximate surface area is 192 Å². The number of allylic oxidation sites excluding steroid dienone is 4. The van der Waals surface area contributed by atoms with Gasteiger partial charge in [-0.05, 0) is 33.3 Å². The summed E-state index contributed by atoms with van der Waals surface area (Å²) in [5, 5.41) is 5.21. The van der Waals surface area contributed by atoms with Crippen molar-refractivity contribution in [3.05, 3.63) is 40.2 Å². The quantitative estimate of drug-likeness (QED) is 0.631. The number of carbonyl (C=O) groups excluding carboxylic acids is 2. The average molecular weight is 487 g/mol. The molecule has 3 rings (SSSR count). The molecule has 0 radical (unpaired) electrons. The highest BCUT2D eigenvalue weighted by atomic mass is 35.5. The predicted octanol–water partition coefficient (Wildman–Crippen LogP) is 2.42. The van der Waals surface area contributed by atoms with Gasteiger partial charge in [-0.3, -0.25) is 13.7 Å². The number of nitrogens with zero attached hydrogens (tertiary/aromatic N) is 3. The largest absolute Gasteiger partial charge is 0.444 e. The van der Waals surface area contributed by atoms with E-state index in [9.17, 15) is 18.0 Å². The molecule has 0 spiro atoms. The van der Waals surface area contributed by atoms with Crippen LogP contribution in [0.15, 0.2) is 23.3 Å². The Morgan fingerprint density at radius 2 is 2.03 bits per heavy atom. The highest BCUT2D eigenvalue weighted by molar-refractivity contribution is 7.85. The van der Waals surface area contributed by atoms with Crippen LogP contribution in [0.2, 0.25) is 0 Å². The van der Waals surface area contributed by atoms with Crippen LogP contribution in [0.5, 0.6) is 0 Å². The lowest BCUT2D eigenvalue weighted by Gasteiger charge is -2.34. The van der Waals surface area contributed by atoms with Crippen LogP contribution in [0.4, 0.5) is 4.79 Å².